The Morgan fingerprint density at radius 1 is 1.35 bits per heavy atom. The molecule has 17 heavy (non-hydrogen) atoms. The first kappa shape index (κ1) is 11.5. The summed E-state index contributed by atoms with van der Waals surface area (Å²) in [4.78, 5) is 0. The van der Waals surface area contributed by atoms with Crippen molar-refractivity contribution in [2.24, 2.45) is 0 Å². The molecule has 0 amide bonds. The molecule has 0 bridgehead atoms. The van der Waals surface area contributed by atoms with Gasteiger partial charge in [-0.25, -0.2) is 4.39 Å². The molecule has 0 aliphatic rings. The van der Waals surface area contributed by atoms with E-state index in [1.165, 1.54) is 6.07 Å². The van der Waals surface area contributed by atoms with Crippen molar-refractivity contribution in [2.45, 2.75) is 6.54 Å². The predicted molar refractivity (Wildman–Crippen MR) is 62.2 cm³/mol. The zero-order valence-electron chi connectivity index (χ0n) is 8.71. The third-order valence-corrected chi connectivity index (χ3v) is 2.47. The van der Waals surface area contributed by atoms with Gasteiger partial charge < -0.3 is 9.73 Å². The van der Waals surface area contributed by atoms with Gasteiger partial charge in [0.25, 0.3) is 0 Å². The number of benzene rings is 1. The molecule has 2 aromatic rings. The van der Waals surface area contributed by atoms with Crippen LogP contribution < -0.4 is 5.32 Å². The van der Waals surface area contributed by atoms with Gasteiger partial charge >= 0.3 is 0 Å². The van der Waals surface area contributed by atoms with Crippen LogP contribution in [0.25, 0.3) is 0 Å². The van der Waals surface area contributed by atoms with E-state index in [0.29, 0.717) is 18.0 Å². The molecule has 0 atom stereocenters. The van der Waals surface area contributed by atoms with Gasteiger partial charge in [-0.05, 0) is 24.3 Å². The van der Waals surface area contributed by atoms with Gasteiger partial charge in [-0.1, -0.05) is 17.7 Å². The van der Waals surface area contributed by atoms with Gasteiger partial charge in [0.2, 0.25) is 5.76 Å². The second-order valence-electron chi connectivity index (χ2n) is 3.33. The number of nitrogens with zero attached hydrogens (tertiary/aromatic N) is 1. The lowest BCUT2D eigenvalue weighted by atomic mass is 10.3. The molecule has 1 aromatic carbocycles. The number of furan rings is 1. The molecule has 1 heterocycles. The molecule has 0 aliphatic carbocycles. The minimum absolute atomic E-state index is 0.0622. The molecule has 86 valence electrons. The number of nitriles is 1. The highest BCUT2D eigenvalue weighted by Crippen LogP contribution is 2.22. The van der Waals surface area contributed by atoms with Crippen LogP contribution in [0, 0.1) is 17.1 Å². The molecule has 0 radical (unpaired) electrons. The van der Waals surface area contributed by atoms with E-state index in [0.717, 1.165) is 0 Å². The fraction of sp³-hybridized carbons (Fsp3) is 0.0833. The maximum absolute atomic E-state index is 13.5. The first-order valence-corrected chi connectivity index (χ1v) is 5.25. The smallest absolute Gasteiger partial charge is 0.203 e. The second kappa shape index (κ2) is 4.89. The highest BCUT2D eigenvalue weighted by Gasteiger charge is 2.06. The van der Waals surface area contributed by atoms with Crippen molar-refractivity contribution in [3.8, 4) is 6.07 Å². The van der Waals surface area contributed by atoms with Crippen LogP contribution in [0.5, 0.6) is 0 Å². The summed E-state index contributed by atoms with van der Waals surface area (Å²) in [7, 11) is 0. The Labute approximate surface area is 102 Å². The molecular weight excluding hydrogens is 243 g/mol. The van der Waals surface area contributed by atoms with Crippen molar-refractivity contribution in [3.05, 3.63) is 52.7 Å². The van der Waals surface area contributed by atoms with Crippen LogP contribution >= 0.6 is 11.6 Å². The third-order valence-electron chi connectivity index (χ3n) is 2.18. The van der Waals surface area contributed by atoms with E-state index < -0.39 is 5.82 Å². The number of rotatable bonds is 3. The van der Waals surface area contributed by atoms with E-state index in [2.05, 4.69) is 5.32 Å². The monoisotopic (exact) mass is 250 g/mol. The molecule has 0 unspecified atom stereocenters. The summed E-state index contributed by atoms with van der Waals surface area (Å²) in [6, 6.07) is 9.80. The fourth-order valence-electron chi connectivity index (χ4n) is 1.36. The van der Waals surface area contributed by atoms with Crippen molar-refractivity contribution >= 4 is 17.3 Å². The number of hydrogen-bond acceptors (Lipinski definition) is 3. The van der Waals surface area contributed by atoms with Crippen molar-refractivity contribution in [1.29, 1.82) is 5.26 Å². The van der Waals surface area contributed by atoms with Gasteiger partial charge in [-0.2, -0.15) is 5.26 Å². The number of halogens is 2. The van der Waals surface area contributed by atoms with Crippen molar-refractivity contribution in [3.63, 3.8) is 0 Å². The first-order chi connectivity index (χ1) is 8.20. The first-order valence-electron chi connectivity index (χ1n) is 4.87. The molecule has 0 saturated carbocycles. The highest BCUT2D eigenvalue weighted by atomic mass is 35.5. The molecule has 5 heteroatoms. The van der Waals surface area contributed by atoms with Gasteiger partial charge in [0.15, 0.2) is 5.82 Å². The summed E-state index contributed by atoms with van der Waals surface area (Å²) in [5, 5.41) is 11.5. The topological polar surface area (TPSA) is 49.0 Å². The standard InChI is InChI=1S/C12H8ClFN2O/c13-10-2-1-3-11(12(10)14)16-7-9-5-4-8(6-15)17-9/h1-5,16H,7H2. The molecule has 0 spiro atoms. The Bertz CT molecular complexity index is 574. The fourth-order valence-corrected chi connectivity index (χ4v) is 1.53. The lowest BCUT2D eigenvalue weighted by Crippen LogP contribution is -2.00. The summed E-state index contributed by atoms with van der Waals surface area (Å²) < 4.78 is 18.6. The van der Waals surface area contributed by atoms with E-state index in [-0.39, 0.29) is 10.8 Å². The van der Waals surface area contributed by atoms with Crippen LogP contribution in [0.15, 0.2) is 34.7 Å². The minimum Gasteiger partial charge on any atom is -0.449 e. The average Bonchev–Trinajstić information content (AvgIpc) is 2.79. The molecular formula is C12H8ClFN2O. The third kappa shape index (κ3) is 2.58. The minimum atomic E-state index is -0.499. The van der Waals surface area contributed by atoms with Crippen LogP contribution in [0.2, 0.25) is 5.02 Å². The molecule has 1 N–H and O–H groups in total. The Morgan fingerprint density at radius 3 is 2.88 bits per heavy atom. The Balaban J connectivity index is 2.07. The zero-order chi connectivity index (χ0) is 12.3. The maximum Gasteiger partial charge on any atom is 0.203 e. The van der Waals surface area contributed by atoms with Crippen molar-refractivity contribution in [1.82, 2.24) is 0 Å². The van der Waals surface area contributed by atoms with E-state index in [4.69, 9.17) is 21.3 Å². The second-order valence-corrected chi connectivity index (χ2v) is 3.74. The summed E-state index contributed by atoms with van der Waals surface area (Å²) in [6.45, 7) is 0.291. The van der Waals surface area contributed by atoms with Crippen LogP contribution in [0.4, 0.5) is 10.1 Å². The molecule has 3 nitrogen and oxygen atoms in total. The molecule has 1 aromatic heterocycles. The Morgan fingerprint density at radius 2 is 2.18 bits per heavy atom. The number of nitrogens with one attached hydrogen (secondary N) is 1. The van der Waals surface area contributed by atoms with Crippen LogP contribution in [0.1, 0.15) is 11.5 Å². The summed E-state index contributed by atoms with van der Waals surface area (Å²) >= 11 is 5.64. The zero-order valence-corrected chi connectivity index (χ0v) is 9.46. The van der Waals surface area contributed by atoms with Gasteiger partial charge in [-0.15, -0.1) is 0 Å². The van der Waals surface area contributed by atoms with E-state index in [1.807, 2.05) is 6.07 Å². The summed E-state index contributed by atoms with van der Waals surface area (Å²) in [6.07, 6.45) is 0. The van der Waals surface area contributed by atoms with Gasteiger partial charge in [0.05, 0.1) is 17.3 Å². The van der Waals surface area contributed by atoms with E-state index in [1.54, 1.807) is 24.3 Å². The molecule has 0 aliphatic heterocycles. The highest BCUT2D eigenvalue weighted by molar-refractivity contribution is 6.31. The quantitative estimate of drug-likeness (QED) is 0.906. The van der Waals surface area contributed by atoms with Crippen LogP contribution in [-0.4, -0.2) is 0 Å². The van der Waals surface area contributed by atoms with Gasteiger partial charge in [0, 0.05) is 0 Å². The van der Waals surface area contributed by atoms with Gasteiger partial charge in [-0.3, -0.25) is 0 Å². The number of hydrogen-bond donors (Lipinski definition) is 1. The maximum atomic E-state index is 13.5. The molecule has 2 rings (SSSR count). The van der Waals surface area contributed by atoms with Crippen LogP contribution in [0.3, 0.4) is 0 Å². The lowest BCUT2D eigenvalue weighted by molar-refractivity contribution is 0.505. The lowest BCUT2D eigenvalue weighted by Gasteiger charge is -2.06. The molecule has 0 saturated heterocycles. The normalized spacial score (nSPS) is 9.94. The van der Waals surface area contributed by atoms with Gasteiger partial charge in [0.1, 0.15) is 11.8 Å². The van der Waals surface area contributed by atoms with E-state index >= 15 is 0 Å². The van der Waals surface area contributed by atoms with Crippen molar-refractivity contribution in [2.75, 3.05) is 5.32 Å². The molecule has 0 fully saturated rings. The largest absolute Gasteiger partial charge is 0.449 e. The SMILES string of the molecule is N#Cc1ccc(CNc2cccc(Cl)c2F)o1. The predicted octanol–water partition coefficient (Wildman–Crippen LogP) is 3.56. The summed E-state index contributed by atoms with van der Waals surface area (Å²) in [5.74, 6) is 0.288. The Hall–Kier alpha value is -1.99. The van der Waals surface area contributed by atoms with Crippen molar-refractivity contribution < 1.29 is 8.81 Å². The summed E-state index contributed by atoms with van der Waals surface area (Å²) in [5.41, 5.74) is 0.299. The number of anilines is 1. The average molecular weight is 251 g/mol. The Kier molecular flexibility index (Phi) is 3.31. The van der Waals surface area contributed by atoms with Crippen LogP contribution in [-0.2, 0) is 6.54 Å². The van der Waals surface area contributed by atoms with E-state index in [9.17, 15) is 4.39 Å².